The Bertz CT molecular complexity index is 568. The maximum atomic E-state index is 13.0. The number of Topliss-reactive ketones (excluding diaryl/α,β-unsaturated/α-hetero) is 1. The van der Waals surface area contributed by atoms with Gasteiger partial charge < -0.3 is 4.74 Å². The highest BCUT2D eigenvalue weighted by Crippen LogP contribution is 2.48. The lowest BCUT2D eigenvalue weighted by Crippen LogP contribution is -2.44. The van der Waals surface area contributed by atoms with Crippen LogP contribution in [0.3, 0.4) is 0 Å². The summed E-state index contributed by atoms with van der Waals surface area (Å²) in [6.45, 7) is 16.9. The molecule has 2 aliphatic carbocycles. The van der Waals surface area contributed by atoms with Crippen LogP contribution in [0.15, 0.2) is 0 Å². The van der Waals surface area contributed by atoms with Crippen LogP contribution in [0.25, 0.3) is 0 Å². The summed E-state index contributed by atoms with van der Waals surface area (Å²) in [7, 11) is 0. The molecule has 3 nitrogen and oxygen atoms in total. The Kier molecular flexibility index (Phi) is 7.66. The number of carbonyl (C=O) groups is 2. The van der Waals surface area contributed by atoms with Crippen molar-refractivity contribution < 1.29 is 14.3 Å². The highest BCUT2D eigenvalue weighted by Gasteiger charge is 2.47. The summed E-state index contributed by atoms with van der Waals surface area (Å²) in [5, 5.41) is 0. The summed E-state index contributed by atoms with van der Waals surface area (Å²) in [6.07, 6.45) is 9.42. The molecular formula is C26H46O3. The minimum atomic E-state index is -0.613. The maximum Gasteiger partial charge on any atom is 0.312 e. The van der Waals surface area contributed by atoms with Gasteiger partial charge in [0.25, 0.3) is 0 Å². The van der Waals surface area contributed by atoms with Gasteiger partial charge in [0, 0.05) is 6.42 Å². The van der Waals surface area contributed by atoms with E-state index in [4.69, 9.17) is 4.74 Å². The molecule has 168 valence electrons. The van der Waals surface area contributed by atoms with Gasteiger partial charge in [-0.1, -0.05) is 67.7 Å². The van der Waals surface area contributed by atoms with Crippen molar-refractivity contribution >= 4 is 11.8 Å². The van der Waals surface area contributed by atoms with Crippen molar-refractivity contribution in [2.24, 2.45) is 39.9 Å². The van der Waals surface area contributed by atoms with E-state index in [1.807, 2.05) is 6.92 Å². The van der Waals surface area contributed by atoms with Crippen molar-refractivity contribution in [1.29, 1.82) is 0 Å². The summed E-state index contributed by atoms with van der Waals surface area (Å²) in [5.74, 6) is 2.68. The Morgan fingerprint density at radius 1 is 0.931 bits per heavy atom. The summed E-state index contributed by atoms with van der Waals surface area (Å²) in [4.78, 5) is 25.7. The van der Waals surface area contributed by atoms with Gasteiger partial charge in [0.05, 0.1) is 5.41 Å². The van der Waals surface area contributed by atoms with Crippen LogP contribution >= 0.6 is 0 Å². The molecule has 29 heavy (non-hydrogen) atoms. The fraction of sp³-hybridized carbons (Fsp3) is 0.923. The van der Waals surface area contributed by atoms with Crippen LogP contribution in [0.4, 0.5) is 0 Å². The second-order valence-corrected chi connectivity index (χ2v) is 12.7. The van der Waals surface area contributed by atoms with Crippen LogP contribution in [0.2, 0.25) is 0 Å². The van der Waals surface area contributed by atoms with Crippen molar-refractivity contribution in [3.63, 3.8) is 0 Å². The van der Waals surface area contributed by atoms with Crippen molar-refractivity contribution in [1.82, 2.24) is 0 Å². The fourth-order valence-electron chi connectivity index (χ4n) is 5.84. The number of fused-ring (bicyclic) bond motifs is 2. The van der Waals surface area contributed by atoms with Crippen LogP contribution in [0.1, 0.15) is 107 Å². The molecule has 0 amide bonds. The second-order valence-electron chi connectivity index (χ2n) is 12.7. The van der Waals surface area contributed by atoms with Crippen LogP contribution in [0, 0.1) is 39.9 Å². The number of esters is 1. The minimum absolute atomic E-state index is 0.0125. The molecule has 0 aromatic heterocycles. The lowest BCUT2D eigenvalue weighted by Gasteiger charge is -2.43. The maximum absolute atomic E-state index is 13.0. The van der Waals surface area contributed by atoms with Crippen molar-refractivity contribution in [3.8, 4) is 0 Å². The number of hydrogen-bond acceptors (Lipinski definition) is 3. The Morgan fingerprint density at radius 3 is 1.97 bits per heavy atom. The molecule has 2 aliphatic rings. The summed E-state index contributed by atoms with van der Waals surface area (Å²) in [6, 6.07) is 0. The van der Waals surface area contributed by atoms with E-state index in [1.165, 1.54) is 38.5 Å². The Labute approximate surface area is 179 Å². The molecule has 2 saturated carbocycles. The molecular weight excluding hydrogens is 360 g/mol. The zero-order valence-electron chi connectivity index (χ0n) is 20.4. The van der Waals surface area contributed by atoms with Gasteiger partial charge in [0.15, 0.2) is 5.78 Å². The molecule has 0 heterocycles. The van der Waals surface area contributed by atoms with E-state index in [1.54, 1.807) is 0 Å². The standard InChI is InChI=1S/C26H46O3/c1-18(21-14-19-10-9-11-20(13-19)15-21)12-22(27)16-29-23(28)26(8,25(5,6)7)17-24(2,3)4/h18-21H,9-17H2,1-8H3. The average Bonchev–Trinajstić information content (AvgIpc) is 2.56. The SMILES string of the molecule is CC(CC(=O)COC(=O)C(C)(CC(C)(C)C)C(C)(C)C)C1CC2CCCC(C2)C1. The predicted molar refractivity (Wildman–Crippen MR) is 120 cm³/mol. The quantitative estimate of drug-likeness (QED) is 0.435. The van der Waals surface area contributed by atoms with Gasteiger partial charge in [-0.15, -0.1) is 0 Å². The first-order valence-corrected chi connectivity index (χ1v) is 11.9. The molecule has 4 unspecified atom stereocenters. The largest absolute Gasteiger partial charge is 0.457 e. The molecule has 0 N–H and O–H groups in total. The van der Waals surface area contributed by atoms with E-state index in [0.29, 0.717) is 18.3 Å². The van der Waals surface area contributed by atoms with Crippen molar-refractivity contribution in [2.75, 3.05) is 6.61 Å². The second kappa shape index (κ2) is 9.10. The number of hydrogen-bond donors (Lipinski definition) is 0. The van der Waals surface area contributed by atoms with Gasteiger partial charge in [0.1, 0.15) is 6.61 Å². The van der Waals surface area contributed by atoms with Gasteiger partial charge in [0.2, 0.25) is 0 Å². The lowest BCUT2D eigenvalue weighted by molar-refractivity contribution is -0.167. The fourth-order valence-corrected chi connectivity index (χ4v) is 5.84. The molecule has 2 bridgehead atoms. The molecule has 2 fully saturated rings. The minimum Gasteiger partial charge on any atom is -0.457 e. The number of ketones is 1. The third-order valence-electron chi connectivity index (χ3n) is 7.87. The Balaban J connectivity index is 1.89. The monoisotopic (exact) mass is 406 g/mol. The van der Waals surface area contributed by atoms with Crippen molar-refractivity contribution in [3.05, 3.63) is 0 Å². The summed E-state index contributed by atoms with van der Waals surface area (Å²) < 4.78 is 5.62. The predicted octanol–water partition coefficient (Wildman–Crippen LogP) is 6.83. The number of carbonyl (C=O) groups excluding carboxylic acids is 2. The van der Waals surface area contributed by atoms with E-state index in [9.17, 15) is 9.59 Å². The van der Waals surface area contributed by atoms with E-state index < -0.39 is 5.41 Å². The van der Waals surface area contributed by atoms with Crippen LogP contribution in [-0.2, 0) is 14.3 Å². The molecule has 0 saturated heterocycles. The number of rotatable bonds is 7. The highest BCUT2D eigenvalue weighted by molar-refractivity contribution is 5.84. The van der Waals surface area contributed by atoms with Gasteiger partial charge in [-0.2, -0.15) is 0 Å². The first-order valence-electron chi connectivity index (χ1n) is 11.9. The van der Waals surface area contributed by atoms with Crippen molar-refractivity contribution in [2.45, 2.75) is 107 Å². The van der Waals surface area contributed by atoms with Gasteiger partial charge in [-0.25, -0.2) is 0 Å². The lowest BCUT2D eigenvalue weighted by atomic mass is 9.61. The molecule has 2 rings (SSSR count). The molecule has 0 radical (unpaired) electrons. The van der Waals surface area contributed by atoms with Crippen LogP contribution in [0.5, 0.6) is 0 Å². The van der Waals surface area contributed by atoms with Gasteiger partial charge in [-0.3, -0.25) is 9.59 Å². The zero-order chi connectivity index (χ0) is 22.0. The summed E-state index contributed by atoms with van der Waals surface area (Å²) in [5.41, 5.74) is -0.829. The topological polar surface area (TPSA) is 43.4 Å². The molecule has 3 heteroatoms. The van der Waals surface area contributed by atoms with E-state index in [0.717, 1.165) is 18.3 Å². The van der Waals surface area contributed by atoms with Gasteiger partial charge in [-0.05, 0) is 67.1 Å². The first kappa shape index (κ1) is 24.4. The third kappa shape index (κ3) is 6.56. The number of ether oxygens (including phenoxy) is 1. The van der Waals surface area contributed by atoms with Crippen LogP contribution < -0.4 is 0 Å². The molecule has 0 aliphatic heterocycles. The van der Waals surface area contributed by atoms with E-state index in [-0.39, 0.29) is 29.2 Å². The van der Waals surface area contributed by atoms with E-state index >= 15 is 0 Å². The van der Waals surface area contributed by atoms with Gasteiger partial charge >= 0.3 is 5.97 Å². The van der Waals surface area contributed by atoms with Crippen LogP contribution in [-0.4, -0.2) is 18.4 Å². The molecule has 0 aromatic rings. The average molecular weight is 407 g/mol. The Morgan fingerprint density at radius 2 is 1.48 bits per heavy atom. The zero-order valence-corrected chi connectivity index (χ0v) is 20.4. The molecule has 0 spiro atoms. The first-order chi connectivity index (χ1) is 13.2. The third-order valence-corrected chi connectivity index (χ3v) is 7.87. The Hall–Kier alpha value is -0.860. The normalized spacial score (nSPS) is 28.3. The molecule has 0 aromatic carbocycles. The molecule has 4 atom stereocenters. The van der Waals surface area contributed by atoms with E-state index in [2.05, 4.69) is 48.5 Å². The highest BCUT2D eigenvalue weighted by atomic mass is 16.5. The smallest absolute Gasteiger partial charge is 0.312 e. The summed E-state index contributed by atoms with van der Waals surface area (Å²) >= 11 is 0.